The van der Waals surface area contributed by atoms with Gasteiger partial charge >= 0.3 is 13.5 Å². The lowest BCUT2D eigenvalue weighted by Crippen LogP contribution is -2.34. The number of aromatic nitrogens is 6. The molecule has 2 unspecified atom stereocenters. The van der Waals surface area contributed by atoms with E-state index in [1.54, 1.807) is 23.0 Å². The van der Waals surface area contributed by atoms with Crippen molar-refractivity contribution in [2.45, 2.75) is 49.0 Å². The zero-order valence-electron chi connectivity index (χ0n) is 22.6. The van der Waals surface area contributed by atoms with Crippen LogP contribution in [0.5, 0.6) is 0 Å². The average Bonchev–Trinajstić information content (AvgIpc) is 3.74. The number of halogens is 1. The molecule has 7 rings (SSSR count). The van der Waals surface area contributed by atoms with E-state index in [2.05, 4.69) is 32.2 Å². The molecule has 0 saturated carbocycles. The largest absolute Gasteiger partial charge is 0.387 e. The highest BCUT2D eigenvalue weighted by atomic mass is 32.7. The monoisotopic (exact) mass is 703 g/mol. The number of imidazole rings is 2. The van der Waals surface area contributed by atoms with Crippen molar-refractivity contribution in [3.63, 3.8) is 0 Å². The van der Waals surface area contributed by atoms with E-state index in [1.165, 1.54) is 29.2 Å². The number of pyridine rings is 1. The Bertz CT molecular complexity index is 1880. The Balaban J connectivity index is 1.18. The summed E-state index contributed by atoms with van der Waals surface area (Å²) in [5.74, 6) is -0.416. The molecule has 4 aromatic heterocycles. The number of nitrogens with two attached hydrogens (primary N) is 1. The van der Waals surface area contributed by atoms with Gasteiger partial charge in [0.15, 0.2) is 18.0 Å². The quantitative estimate of drug-likeness (QED) is 0.175. The van der Waals surface area contributed by atoms with Crippen LogP contribution in [-0.2, 0) is 43.9 Å². The summed E-state index contributed by atoms with van der Waals surface area (Å²) in [6, 6.07) is 2.79. The van der Waals surface area contributed by atoms with Crippen LogP contribution in [0, 0.1) is 0 Å². The first-order valence-corrected chi connectivity index (χ1v) is 18.5. The molecule has 10 atom stereocenters. The predicted molar refractivity (Wildman–Crippen MR) is 156 cm³/mol. The van der Waals surface area contributed by atoms with Gasteiger partial charge in [-0.1, -0.05) is 12.2 Å². The summed E-state index contributed by atoms with van der Waals surface area (Å²) in [6.07, 6.45) is -4.04. The lowest BCUT2D eigenvalue weighted by atomic mass is 10.0. The SMILES string of the molecule is NC(=O)c1cc([C@@H]2O[C@@H]3COP(O)(=S)O[C@H]4[C@@H](F)[C@H](n5cnc6nc7nccn7c6c5)O[C@@H]4COP(=O)(S)O[C@@H]2[C@@H]3O)ccn1. The second-order valence-electron chi connectivity index (χ2n) is 10.3. The highest BCUT2D eigenvalue weighted by molar-refractivity contribution is 8.44. The fourth-order valence-electron chi connectivity index (χ4n) is 5.39. The van der Waals surface area contributed by atoms with Crippen molar-refractivity contribution in [3.05, 3.63) is 54.5 Å². The Morgan fingerprint density at radius 2 is 1.93 bits per heavy atom. The van der Waals surface area contributed by atoms with E-state index in [4.69, 9.17) is 45.1 Å². The first-order chi connectivity index (χ1) is 21.4. The zero-order valence-corrected chi connectivity index (χ0v) is 26.1. The molecule has 22 heteroatoms. The first-order valence-electron chi connectivity index (χ1n) is 13.3. The second-order valence-corrected chi connectivity index (χ2v) is 16.0. The van der Waals surface area contributed by atoms with Crippen LogP contribution in [-0.4, -0.2) is 94.7 Å². The zero-order chi connectivity index (χ0) is 31.7. The number of thiol groups is 1. The molecule has 3 fully saturated rings. The van der Waals surface area contributed by atoms with Crippen LogP contribution in [0.15, 0.2) is 43.2 Å². The molecule has 7 heterocycles. The number of carbonyl (C=O) groups is 1. The lowest BCUT2D eigenvalue weighted by molar-refractivity contribution is -0.0481. The third-order valence-electron chi connectivity index (χ3n) is 7.48. The van der Waals surface area contributed by atoms with Gasteiger partial charge in [-0.15, -0.1) is 0 Å². The molecule has 17 nitrogen and oxygen atoms in total. The first kappa shape index (κ1) is 31.2. The van der Waals surface area contributed by atoms with Crippen LogP contribution < -0.4 is 5.73 Å². The van der Waals surface area contributed by atoms with Crippen LogP contribution in [0.25, 0.3) is 16.9 Å². The van der Waals surface area contributed by atoms with Crippen molar-refractivity contribution in [3.8, 4) is 0 Å². The van der Waals surface area contributed by atoms with Crippen molar-refractivity contribution >= 4 is 60.4 Å². The Morgan fingerprint density at radius 1 is 1.13 bits per heavy atom. The van der Waals surface area contributed by atoms with Crippen LogP contribution in [0.4, 0.5) is 4.39 Å². The standard InChI is InChI=1S/C23H24FN7O10P2S2/c24-15-18-14(39-22(15)30-6-12-21(28-9-30)29-23-27-3-4-31(12)23)8-37-43(35,45)41-19-16(32)13(7-36-42(34,44)40-18)38-17(19)10-1-2-26-11(5-10)20(25)33/h1-6,9,13-19,22,32H,7-8H2,(H2,25,33)(H,34,44)(H,35,45)/t13-,14-,15-,16-,17+,18-,19-,22-,42?,43?/m1/s1. The minimum Gasteiger partial charge on any atom is -0.387 e. The summed E-state index contributed by atoms with van der Waals surface area (Å²) in [6.45, 7) is -9.68. The van der Waals surface area contributed by atoms with Crippen LogP contribution >= 0.6 is 25.8 Å². The van der Waals surface area contributed by atoms with Gasteiger partial charge in [0.1, 0.15) is 47.8 Å². The number of aliphatic hydroxyl groups excluding tert-OH is 1. The van der Waals surface area contributed by atoms with E-state index < -0.39 is 81.7 Å². The molecule has 0 radical (unpaired) electrons. The number of hydrogen-bond acceptors (Lipinski definition) is 14. The highest BCUT2D eigenvalue weighted by Crippen LogP contribution is 2.58. The molecule has 4 aromatic rings. The molecule has 0 aromatic carbocycles. The number of fused-ring (bicyclic) bond motifs is 6. The van der Waals surface area contributed by atoms with Crippen molar-refractivity contribution in [1.29, 1.82) is 0 Å². The van der Waals surface area contributed by atoms with E-state index in [1.807, 2.05) is 0 Å². The van der Waals surface area contributed by atoms with E-state index >= 15 is 4.39 Å². The Kier molecular flexibility index (Phi) is 8.07. The summed E-state index contributed by atoms with van der Waals surface area (Å²) in [4.78, 5) is 39.2. The molecular formula is C23H24FN7O10P2S2. The van der Waals surface area contributed by atoms with Crippen LogP contribution in [0.2, 0.25) is 0 Å². The Labute approximate surface area is 262 Å². The molecule has 1 amide bonds. The lowest BCUT2D eigenvalue weighted by Gasteiger charge is -2.26. The molecule has 4 N–H and O–H groups in total. The topological polar surface area (TPSA) is 217 Å². The van der Waals surface area contributed by atoms with Gasteiger partial charge in [0.05, 0.1) is 19.5 Å². The van der Waals surface area contributed by atoms with Crippen LogP contribution in [0.1, 0.15) is 28.4 Å². The van der Waals surface area contributed by atoms with Crippen molar-refractivity contribution < 1.29 is 51.3 Å². The summed E-state index contributed by atoms with van der Waals surface area (Å²) in [7, 11) is 0. The number of nitrogens with zero attached hydrogens (tertiary/aromatic N) is 6. The predicted octanol–water partition coefficient (Wildman–Crippen LogP) is 1.38. The van der Waals surface area contributed by atoms with Gasteiger partial charge in [-0.25, -0.2) is 18.9 Å². The van der Waals surface area contributed by atoms with E-state index in [0.717, 1.165) is 0 Å². The number of hydrogen-bond donors (Lipinski definition) is 4. The molecular weight excluding hydrogens is 679 g/mol. The Morgan fingerprint density at radius 3 is 2.73 bits per heavy atom. The molecule has 3 aliphatic heterocycles. The van der Waals surface area contributed by atoms with E-state index in [-0.39, 0.29) is 5.69 Å². The van der Waals surface area contributed by atoms with Gasteiger partial charge in [0, 0.05) is 24.8 Å². The fourth-order valence-corrected chi connectivity index (χ4v) is 8.30. The number of aliphatic hydroxyl groups is 1. The van der Waals surface area contributed by atoms with Gasteiger partial charge in [0.25, 0.3) is 5.91 Å². The van der Waals surface area contributed by atoms with Crippen molar-refractivity contribution in [1.82, 2.24) is 28.9 Å². The molecule has 45 heavy (non-hydrogen) atoms. The summed E-state index contributed by atoms with van der Waals surface area (Å²) in [5, 5.41) is 11.1. The minimum atomic E-state index is -4.33. The maximum Gasteiger partial charge on any atom is 0.386 e. The number of primary amides is 1. The highest BCUT2D eigenvalue weighted by Gasteiger charge is 2.53. The van der Waals surface area contributed by atoms with Gasteiger partial charge < -0.3 is 34.3 Å². The maximum atomic E-state index is 16.1. The molecule has 3 saturated heterocycles. The molecule has 240 valence electrons. The van der Waals surface area contributed by atoms with E-state index in [9.17, 15) is 19.4 Å². The number of carbonyl (C=O) groups excluding carboxylic acids is 1. The molecule has 0 spiro atoms. The minimum absolute atomic E-state index is 0.0981. The summed E-state index contributed by atoms with van der Waals surface area (Å²) in [5.41, 5.74) is 6.43. The van der Waals surface area contributed by atoms with Crippen LogP contribution in [0.3, 0.4) is 0 Å². The number of amides is 1. The number of alkyl halides is 1. The summed E-state index contributed by atoms with van der Waals surface area (Å²) >= 11 is 9.24. The number of rotatable bonds is 3. The van der Waals surface area contributed by atoms with Gasteiger partial charge in [-0.2, -0.15) is 4.98 Å². The second kappa shape index (κ2) is 11.7. The Hall–Kier alpha value is -2.45. The third kappa shape index (κ3) is 5.95. The van der Waals surface area contributed by atoms with Crippen molar-refractivity contribution in [2.75, 3.05) is 13.2 Å². The third-order valence-corrected chi connectivity index (χ3v) is 10.7. The van der Waals surface area contributed by atoms with Crippen molar-refractivity contribution in [2.24, 2.45) is 5.73 Å². The molecule has 0 aliphatic carbocycles. The fraction of sp³-hybridized carbons (Fsp3) is 0.435. The maximum absolute atomic E-state index is 16.1. The van der Waals surface area contributed by atoms with Gasteiger partial charge in [-0.3, -0.25) is 27.8 Å². The summed E-state index contributed by atoms with van der Waals surface area (Å²) < 4.78 is 66.6. The smallest absolute Gasteiger partial charge is 0.386 e. The normalized spacial score (nSPS) is 37.6. The van der Waals surface area contributed by atoms with Gasteiger partial charge in [0.2, 0.25) is 5.78 Å². The molecule has 3 aliphatic rings. The number of ether oxygens (including phenoxy) is 2. The van der Waals surface area contributed by atoms with Gasteiger partial charge in [-0.05, 0) is 29.5 Å². The average molecular weight is 704 g/mol. The molecule has 2 bridgehead atoms. The van der Waals surface area contributed by atoms with E-state index in [0.29, 0.717) is 22.5 Å².